The highest BCUT2D eigenvalue weighted by atomic mass is 35.5. The predicted octanol–water partition coefficient (Wildman–Crippen LogP) is 6.72. The number of hydrogen-bond donors (Lipinski definition) is 1. The average Bonchev–Trinajstić information content (AvgIpc) is 3.19. The van der Waals surface area contributed by atoms with Crippen molar-refractivity contribution in [3.63, 3.8) is 0 Å². The van der Waals surface area contributed by atoms with Crippen molar-refractivity contribution in [3.05, 3.63) is 92.4 Å². The van der Waals surface area contributed by atoms with Gasteiger partial charge in [-0.05, 0) is 61.4 Å². The van der Waals surface area contributed by atoms with E-state index in [9.17, 15) is 19.3 Å². The Morgan fingerprint density at radius 1 is 0.972 bits per heavy atom. The topological polar surface area (TPSA) is 89.2 Å². The van der Waals surface area contributed by atoms with Gasteiger partial charge in [-0.1, -0.05) is 23.7 Å². The van der Waals surface area contributed by atoms with Crippen LogP contribution >= 0.6 is 11.6 Å². The van der Waals surface area contributed by atoms with Gasteiger partial charge in [-0.2, -0.15) is 10.5 Å². The lowest BCUT2D eigenvalue weighted by Gasteiger charge is -2.26. The Balaban J connectivity index is 1.67. The molecule has 0 fully saturated rings. The summed E-state index contributed by atoms with van der Waals surface area (Å²) in [6, 6.07) is 11.2. The van der Waals surface area contributed by atoms with Crippen molar-refractivity contribution in [2.45, 2.75) is 44.4 Å². The van der Waals surface area contributed by atoms with Crippen LogP contribution in [0.1, 0.15) is 70.7 Å². The molecule has 0 spiro atoms. The highest BCUT2D eigenvalue weighted by Gasteiger charge is 2.31. The molecule has 0 bridgehead atoms. The highest BCUT2D eigenvalue weighted by Crippen LogP contribution is 2.43. The fourth-order valence-corrected chi connectivity index (χ4v) is 5.23. The summed E-state index contributed by atoms with van der Waals surface area (Å²) in [5.41, 5.74) is 2.64. The van der Waals surface area contributed by atoms with E-state index in [-0.39, 0.29) is 33.5 Å². The molecule has 5 rings (SSSR count). The molecule has 5 nitrogen and oxygen atoms in total. The maximum Gasteiger partial charge on any atom is 0.162 e. The van der Waals surface area contributed by atoms with Crippen LogP contribution in [0, 0.1) is 47.0 Å². The second kappa shape index (κ2) is 9.29. The van der Waals surface area contributed by atoms with E-state index < -0.39 is 23.4 Å². The monoisotopic (exact) mass is 505 g/mol. The fourth-order valence-electron chi connectivity index (χ4n) is 5.07. The maximum absolute atomic E-state index is 15.2. The smallest absolute Gasteiger partial charge is 0.162 e. The lowest BCUT2D eigenvalue weighted by molar-refractivity contribution is 0.459. The number of halogens is 4. The Hall–Kier alpha value is -3.88. The first-order chi connectivity index (χ1) is 17.3. The van der Waals surface area contributed by atoms with Gasteiger partial charge >= 0.3 is 0 Å². The molecule has 0 aliphatic heterocycles. The van der Waals surface area contributed by atoms with Crippen LogP contribution < -0.4 is 0 Å². The van der Waals surface area contributed by atoms with E-state index in [1.165, 1.54) is 19.1 Å². The van der Waals surface area contributed by atoms with E-state index in [1.807, 2.05) is 12.1 Å². The number of H-pyrrole nitrogens is 1. The van der Waals surface area contributed by atoms with Gasteiger partial charge in [0.25, 0.3) is 0 Å². The Bertz CT molecular complexity index is 1570. The van der Waals surface area contributed by atoms with Crippen LogP contribution in [-0.2, 0) is 6.42 Å². The molecule has 180 valence electrons. The number of hydrogen-bond acceptors (Lipinski definition) is 4. The van der Waals surface area contributed by atoms with E-state index in [2.05, 4.69) is 15.0 Å². The number of benzene rings is 2. The van der Waals surface area contributed by atoms with E-state index in [0.29, 0.717) is 48.1 Å². The molecule has 0 saturated carbocycles. The van der Waals surface area contributed by atoms with Gasteiger partial charge in [0, 0.05) is 34.5 Å². The quantitative estimate of drug-likeness (QED) is 0.327. The lowest BCUT2D eigenvalue weighted by atomic mass is 9.80. The van der Waals surface area contributed by atoms with Gasteiger partial charge in [-0.25, -0.2) is 23.1 Å². The summed E-state index contributed by atoms with van der Waals surface area (Å²) < 4.78 is 44.0. The lowest BCUT2D eigenvalue weighted by Crippen LogP contribution is -2.16. The first-order valence-electron chi connectivity index (χ1n) is 11.4. The minimum atomic E-state index is -0.916. The van der Waals surface area contributed by atoms with Crippen molar-refractivity contribution >= 4 is 22.5 Å². The number of nitrogens with zero attached hydrogens (tertiary/aromatic N) is 4. The van der Waals surface area contributed by atoms with Gasteiger partial charge in [0.1, 0.15) is 35.2 Å². The zero-order valence-corrected chi connectivity index (χ0v) is 19.9. The molecule has 0 radical (unpaired) electrons. The van der Waals surface area contributed by atoms with Crippen LogP contribution in [0.5, 0.6) is 0 Å². The van der Waals surface area contributed by atoms with Crippen LogP contribution in [0.3, 0.4) is 0 Å². The standard InChI is InChI=1S/C27H19ClF3N5/c1-13-2-5-17(25(31)24(13)30)18-6-3-14(27-34-15(11-32)8-16(12-33)35-27)4-7-19-20-9-21(28)22(29)10-23(20)36-26(18)19/h2,5,8-10,14,18,36H,3-4,6-7H2,1H3. The third-order valence-corrected chi connectivity index (χ3v) is 7.18. The number of nitriles is 2. The Labute approximate surface area is 210 Å². The van der Waals surface area contributed by atoms with E-state index in [0.717, 1.165) is 5.56 Å². The van der Waals surface area contributed by atoms with Crippen molar-refractivity contribution in [1.82, 2.24) is 15.0 Å². The number of rotatable bonds is 2. The van der Waals surface area contributed by atoms with Crippen LogP contribution in [0.25, 0.3) is 10.9 Å². The largest absolute Gasteiger partial charge is 0.358 e. The Kier molecular flexibility index (Phi) is 6.15. The van der Waals surface area contributed by atoms with Crippen LogP contribution in [0.2, 0.25) is 5.02 Å². The van der Waals surface area contributed by atoms with E-state index in [1.54, 1.807) is 18.2 Å². The summed E-state index contributed by atoms with van der Waals surface area (Å²) in [5, 5.41) is 19.4. The molecule has 1 N–H and O–H groups in total. The normalized spacial score (nSPS) is 17.6. The van der Waals surface area contributed by atoms with Crippen molar-refractivity contribution in [2.24, 2.45) is 0 Å². The second-order valence-electron chi connectivity index (χ2n) is 9.01. The second-order valence-corrected chi connectivity index (χ2v) is 9.42. The van der Waals surface area contributed by atoms with Crippen LogP contribution in [0.4, 0.5) is 13.2 Å². The Morgan fingerprint density at radius 3 is 2.39 bits per heavy atom. The van der Waals surface area contributed by atoms with Gasteiger partial charge in [0.2, 0.25) is 0 Å². The predicted molar refractivity (Wildman–Crippen MR) is 128 cm³/mol. The van der Waals surface area contributed by atoms with Gasteiger partial charge in [0.15, 0.2) is 11.6 Å². The average molecular weight is 506 g/mol. The summed E-state index contributed by atoms with van der Waals surface area (Å²) in [6.45, 7) is 1.50. The molecule has 1 aliphatic carbocycles. The molecule has 9 heteroatoms. The van der Waals surface area contributed by atoms with Crippen molar-refractivity contribution < 1.29 is 13.2 Å². The SMILES string of the molecule is Cc1ccc(C2CCC(c3nc(C#N)cc(C#N)n3)CCc3c2[nH]c2cc(F)c(Cl)cc32)c(F)c1F. The molecule has 1 aliphatic rings. The minimum absolute atomic E-state index is 0.0317. The molecule has 2 aromatic heterocycles. The number of nitrogens with one attached hydrogen (secondary N) is 1. The minimum Gasteiger partial charge on any atom is -0.358 e. The zero-order chi connectivity index (χ0) is 25.6. The third-order valence-electron chi connectivity index (χ3n) is 6.89. The molecule has 2 aromatic carbocycles. The Morgan fingerprint density at radius 2 is 1.69 bits per heavy atom. The molecular formula is C27H19ClF3N5. The van der Waals surface area contributed by atoms with Crippen LogP contribution in [-0.4, -0.2) is 15.0 Å². The summed E-state index contributed by atoms with van der Waals surface area (Å²) in [7, 11) is 0. The fraction of sp³-hybridized carbons (Fsp3) is 0.259. The van der Waals surface area contributed by atoms with E-state index >= 15 is 4.39 Å². The molecule has 36 heavy (non-hydrogen) atoms. The van der Waals surface area contributed by atoms with Crippen molar-refractivity contribution in [1.29, 1.82) is 10.5 Å². The number of aromatic amines is 1. The van der Waals surface area contributed by atoms with Gasteiger partial charge in [-0.3, -0.25) is 0 Å². The molecule has 2 unspecified atom stereocenters. The number of aromatic nitrogens is 3. The van der Waals surface area contributed by atoms with Crippen molar-refractivity contribution in [3.8, 4) is 12.1 Å². The first kappa shape index (κ1) is 23.8. The van der Waals surface area contributed by atoms with Gasteiger partial charge in [0.05, 0.1) is 5.02 Å². The summed E-state index contributed by atoms with van der Waals surface area (Å²) >= 11 is 6.09. The number of aryl methyl sites for hydroxylation is 2. The molecule has 4 aromatic rings. The molecule has 2 atom stereocenters. The summed E-state index contributed by atoms with van der Waals surface area (Å²) in [6.07, 6.45) is 1.98. The summed E-state index contributed by atoms with van der Waals surface area (Å²) in [5.74, 6) is -2.82. The molecule has 0 saturated heterocycles. The zero-order valence-electron chi connectivity index (χ0n) is 19.2. The van der Waals surface area contributed by atoms with Crippen molar-refractivity contribution in [2.75, 3.05) is 0 Å². The number of fused-ring (bicyclic) bond motifs is 3. The van der Waals surface area contributed by atoms with Gasteiger partial charge in [-0.15, -0.1) is 0 Å². The highest BCUT2D eigenvalue weighted by molar-refractivity contribution is 6.31. The summed E-state index contributed by atoms with van der Waals surface area (Å²) in [4.78, 5) is 11.9. The van der Waals surface area contributed by atoms with E-state index in [4.69, 9.17) is 11.6 Å². The molecule has 2 heterocycles. The molecular weight excluding hydrogens is 487 g/mol. The first-order valence-corrected chi connectivity index (χ1v) is 11.8. The maximum atomic E-state index is 15.2. The van der Waals surface area contributed by atoms with Crippen LogP contribution in [0.15, 0.2) is 30.3 Å². The third kappa shape index (κ3) is 4.08. The molecule has 0 amide bonds. The van der Waals surface area contributed by atoms with Gasteiger partial charge < -0.3 is 4.98 Å².